The molecule has 1 fully saturated rings. The molecule has 1 aromatic heterocycles. The van der Waals surface area contributed by atoms with Crippen LogP contribution in [-0.2, 0) is 13.6 Å². The van der Waals surface area contributed by atoms with Gasteiger partial charge in [-0.1, -0.05) is 6.42 Å². The molecule has 0 unspecified atom stereocenters. The Labute approximate surface area is 95.7 Å². The van der Waals surface area contributed by atoms with Gasteiger partial charge in [0.15, 0.2) is 0 Å². The van der Waals surface area contributed by atoms with E-state index in [1.54, 1.807) is 0 Å². The molecule has 1 saturated carbocycles. The van der Waals surface area contributed by atoms with Crippen molar-refractivity contribution in [1.29, 1.82) is 0 Å². The molecule has 1 aliphatic rings. The number of rotatable bonds is 5. The normalized spacial score (nSPS) is 18.8. The lowest BCUT2D eigenvalue weighted by Gasteiger charge is -2.40. The van der Waals surface area contributed by atoms with Gasteiger partial charge in [-0.15, -0.1) is 0 Å². The maximum atomic E-state index is 4.11. The van der Waals surface area contributed by atoms with Gasteiger partial charge in [-0.25, -0.2) is 4.98 Å². The van der Waals surface area contributed by atoms with Gasteiger partial charge in [0.25, 0.3) is 0 Å². The molecule has 15 heavy (non-hydrogen) atoms. The first-order valence-electron chi connectivity index (χ1n) is 5.47. The summed E-state index contributed by atoms with van der Waals surface area (Å²) in [6.07, 6.45) is 10.1. The maximum Gasteiger partial charge on any atom is 0.0945 e. The van der Waals surface area contributed by atoms with Crippen molar-refractivity contribution < 1.29 is 0 Å². The van der Waals surface area contributed by atoms with Crippen molar-refractivity contribution in [1.82, 2.24) is 14.9 Å². The summed E-state index contributed by atoms with van der Waals surface area (Å²) in [7, 11) is 2.04. The predicted octanol–water partition coefficient (Wildman–Crippen LogP) is 1.80. The van der Waals surface area contributed by atoms with Crippen LogP contribution in [0.25, 0.3) is 0 Å². The number of aryl methyl sites for hydroxylation is 1. The van der Waals surface area contributed by atoms with E-state index < -0.39 is 0 Å². The van der Waals surface area contributed by atoms with E-state index in [4.69, 9.17) is 0 Å². The van der Waals surface area contributed by atoms with Crippen LogP contribution in [0, 0.1) is 0 Å². The molecule has 84 valence electrons. The summed E-state index contributed by atoms with van der Waals surface area (Å²) >= 11 is 2.02. The van der Waals surface area contributed by atoms with E-state index in [0.29, 0.717) is 4.75 Å². The number of nitrogens with one attached hydrogen (secondary N) is 1. The van der Waals surface area contributed by atoms with Gasteiger partial charge in [0, 0.05) is 31.1 Å². The van der Waals surface area contributed by atoms with E-state index in [9.17, 15) is 0 Å². The average Bonchev–Trinajstić information content (AvgIpc) is 2.57. The minimum Gasteiger partial charge on any atom is -0.337 e. The second-order valence-electron chi connectivity index (χ2n) is 4.34. The highest BCUT2D eigenvalue weighted by Gasteiger charge is 2.35. The van der Waals surface area contributed by atoms with Crippen molar-refractivity contribution >= 4 is 11.8 Å². The monoisotopic (exact) mass is 225 g/mol. The van der Waals surface area contributed by atoms with Crippen LogP contribution in [0.2, 0.25) is 0 Å². The second-order valence-corrected chi connectivity index (χ2v) is 5.61. The Morgan fingerprint density at radius 3 is 2.87 bits per heavy atom. The lowest BCUT2D eigenvalue weighted by atomic mass is 9.84. The molecular weight excluding hydrogens is 206 g/mol. The Morgan fingerprint density at radius 1 is 1.60 bits per heavy atom. The van der Waals surface area contributed by atoms with Crippen molar-refractivity contribution in [3.05, 3.63) is 18.2 Å². The molecule has 1 N–H and O–H groups in total. The highest BCUT2D eigenvalue weighted by Crippen LogP contribution is 2.42. The molecule has 1 aliphatic carbocycles. The van der Waals surface area contributed by atoms with Crippen LogP contribution in [0.4, 0.5) is 0 Å². The van der Waals surface area contributed by atoms with Crippen molar-refractivity contribution in [3.63, 3.8) is 0 Å². The number of imidazole rings is 1. The highest BCUT2D eigenvalue weighted by molar-refractivity contribution is 8.00. The molecule has 0 amide bonds. The average molecular weight is 225 g/mol. The summed E-state index contributed by atoms with van der Waals surface area (Å²) in [5, 5.41) is 3.54. The van der Waals surface area contributed by atoms with Gasteiger partial charge in [-0.2, -0.15) is 11.8 Å². The number of hydrogen-bond acceptors (Lipinski definition) is 3. The Bertz CT molecular complexity index is 312. The molecule has 2 rings (SSSR count). The lowest BCUT2D eigenvalue weighted by molar-refractivity contribution is 0.344. The second kappa shape index (κ2) is 4.58. The summed E-state index contributed by atoms with van der Waals surface area (Å²) in [5.74, 6) is 0. The zero-order chi connectivity index (χ0) is 10.7. The Morgan fingerprint density at radius 2 is 2.40 bits per heavy atom. The molecule has 0 atom stereocenters. The molecule has 1 heterocycles. The van der Waals surface area contributed by atoms with Crippen LogP contribution in [0.5, 0.6) is 0 Å². The van der Waals surface area contributed by atoms with Crippen LogP contribution in [0.1, 0.15) is 25.0 Å². The van der Waals surface area contributed by atoms with Gasteiger partial charge >= 0.3 is 0 Å². The van der Waals surface area contributed by atoms with E-state index in [1.807, 2.05) is 31.3 Å². The largest absolute Gasteiger partial charge is 0.337 e. The lowest BCUT2D eigenvalue weighted by Crippen LogP contribution is -2.43. The van der Waals surface area contributed by atoms with Crippen LogP contribution in [0.15, 0.2) is 12.5 Å². The molecule has 1 aromatic rings. The molecule has 0 bridgehead atoms. The summed E-state index contributed by atoms with van der Waals surface area (Å²) < 4.78 is 2.60. The fourth-order valence-corrected chi connectivity index (χ4v) is 2.94. The zero-order valence-electron chi connectivity index (χ0n) is 9.49. The molecule has 0 saturated heterocycles. The summed E-state index contributed by atoms with van der Waals surface area (Å²) in [4.78, 5) is 4.11. The molecule has 0 radical (unpaired) electrons. The van der Waals surface area contributed by atoms with E-state index in [0.717, 1.165) is 13.1 Å². The van der Waals surface area contributed by atoms with Gasteiger partial charge < -0.3 is 9.88 Å². The fraction of sp³-hybridized carbons (Fsp3) is 0.727. The summed E-state index contributed by atoms with van der Waals surface area (Å²) in [5.41, 5.74) is 1.26. The molecule has 0 aliphatic heterocycles. The van der Waals surface area contributed by atoms with Gasteiger partial charge in [0.1, 0.15) is 0 Å². The first-order valence-corrected chi connectivity index (χ1v) is 6.69. The Balaban J connectivity index is 1.77. The first-order chi connectivity index (χ1) is 7.26. The van der Waals surface area contributed by atoms with Gasteiger partial charge in [0.2, 0.25) is 0 Å². The number of nitrogens with zero attached hydrogens (tertiary/aromatic N) is 2. The molecule has 0 spiro atoms. The third-order valence-electron chi connectivity index (χ3n) is 3.37. The predicted molar refractivity (Wildman–Crippen MR) is 65.0 cm³/mol. The summed E-state index contributed by atoms with van der Waals surface area (Å²) in [6, 6.07) is 0. The van der Waals surface area contributed by atoms with Crippen LogP contribution in [-0.4, -0.2) is 27.1 Å². The van der Waals surface area contributed by atoms with E-state index in [2.05, 4.69) is 21.1 Å². The zero-order valence-corrected chi connectivity index (χ0v) is 10.3. The quantitative estimate of drug-likeness (QED) is 0.828. The number of aromatic nitrogens is 2. The number of hydrogen-bond donors (Lipinski definition) is 1. The Hall–Kier alpha value is -0.480. The van der Waals surface area contributed by atoms with Crippen LogP contribution < -0.4 is 5.32 Å². The SMILES string of the molecule is CSC1(CNCc2cncn2C)CCC1. The third kappa shape index (κ3) is 2.37. The smallest absolute Gasteiger partial charge is 0.0945 e. The van der Waals surface area contributed by atoms with Crippen LogP contribution in [0.3, 0.4) is 0 Å². The van der Waals surface area contributed by atoms with Crippen molar-refractivity contribution in [2.75, 3.05) is 12.8 Å². The van der Waals surface area contributed by atoms with Gasteiger partial charge in [-0.3, -0.25) is 0 Å². The Kier molecular flexibility index (Phi) is 3.36. The fourth-order valence-electron chi connectivity index (χ4n) is 2.00. The van der Waals surface area contributed by atoms with E-state index >= 15 is 0 Å². The molecule has 0 aromatic carbocycles. The van der Waals surface area contributed by atoms with E-state index in [-0.39, 0.29) is 0 Å². The van der Waals surface area contributed by atoms with Crippen molar-refractivity contribution in [2.45, 2.75) is 30.6 Å². The minimum absolute atomic E-state index is 0.526. The van der Waals surface area contributed by atoms with Crippen molar-refractivity contribution in [3.8, 4) is 0 Å². The topological polar surface area (TPSA) is 29.9 Å². The van der Waals surface area contributed by atoms with Crippen molar-refractivity contribution in [2.24, 2.45) is 7.05 Å². The number of thioether (sulfide) groups is 1. The van der Waals surface area contributed by atoms with Gasteiger partial charge in [0.05, 0.1) is 12.0 Å². The highest BCUT2D eigenvalue weighted by atomic mass is 32.2. The van der Waals surface area contributed by atoms with E-state index in [1.165, 1.54) is 25.0 Å². The third-order valence-corrected chi connectivity index (χ3v) is 4.79. The van der Waals surface area contributed by atoms with Gasteiger partial charge in [-0.05, 0) is 19.1 Å². The molecular formula is C11H19N3S. The van der Waals surface area contributed by atoms with Crippen LogP contribution >= 0.6 is 11.8 Å². The molecule has 4 heteroatoms. The summed E-state index contributed by atoms with van der Waals surface area (Å²) in [6.45, 7) is 2.05. The first kappa shape index (κ1) is 11.0. The maximum absolute atomic E-state index is 4.11. The minimum atomic E-state index is 0.526. The molecule has 3 nitrogen and oxygen atoms in total. The standard InChI is InChI=1S/C11H19N3S/c1-14-9-13-7-10(14)6-12-8-11(15-2)4-3-5-11/h7,9,12H,3-6,8H2,1-2H3.